The van der Waals surface area contributed by atoms with Crippen molar-refractivity contribution in [1.29, 1.82) is 0 Å². The molecule has 0 radical (unpaired) electrons. The Kier molecular flexibility index (Phi) is 4.35. The highest BCUT2D eigenvalue weighted by Gasteiger charge is 2.19. The average molecular weight is 208 g/mol. The minimum Gasteiger partial charge on any atom is -0.748 e. The molecule has 0 aromatic rings. The number of nitrogens with zero attached hydrogens (tertiary/aromatic N) is 1. The second-order valence-electron chi connectivity index (χ2n) is 4.01. The van der Waals surface area contributed by atoms with Crippen molar-refractivity contribution in [3.8, 4) is 0 Å². The molecule has 80 valence electrons. The summed E-state index contributed by atoms with van der Waals surface area (Å²) < 4.78 is 31.2. The molecule has 0 saturated carbocycles. The molecule has 0 heterocycles. The van der Waals surface area contributed by atoms with Gasteiger partial charge in [0.1, 0.15) is 0 Å². The quantitative estimate of drug-likeness (QED) is 0.636. The van der Waals surface area contributed by atoms with Crippen molar-refractivity contribution in [2.45, 2.75) is 33.2 Å². The van der Waals surface area contributed by atoms with E-state index in [0.29, 0.717) is 6.54 Å². The zero-order chi connectivity index (χ0) is 10.7. The third-order valence-corrected chi connectivity index (χ3v) is 2.62. The van der Waals surface area contributed by atoms with E-state index in [2.05, 4.69) is 0 Å². The van der Waals surface area contributed by atoms with E-state index in [1.807, 2.05) is 32.6 Å². The first-order chi connectivity index (χ1) is 5.67. The molecule has 0 aliphatic heterocycles. The molecule has 0 aromatic carbocycles. The third kappa shape index (κ3) is 6.01. The molecule has 0 amide bonds. The summed E-state index contributed by atoms with van der Waals surface area (Å²) in [6.45, 7) is 8.99. The van der Waals surface area contributed by atoms with E-state index in [1.54, 1.807) is 0 Å². The monoisotopic (exact) mass is 208 g/mol. The summed E-state index contributed by atoms with van der Waals surface area (Å²) in [6.07, 6.45) is 0. The summed E-state index contributed by atoms with van der Waals surface area (Å²) in [5, 5.41) is 0. The number of hydrogen-bond donors (Lipinski definition) is 0. The summed E-state index contributed by atoms with van der Waals surface area (Å²) in [6, 6.07) is 0. The van der Waals surface area contributed by atoms with E-state index in [4.69, 9.17) is 0 Å². The Morgan fingerprint density at radius 1 is 1.31 bits per heavy atom. The lowest BCUT2D eigenvalue weighted by Crippen LogP contribution is -2.43. The van der Waals surface area contributed by atoms with E-state index in [0.717, 1.165) is 6.54 Å². The fraction of sp³-hybridized carbons (Fsp3) is 1.00. The van der Waals surface area contributed by atoms with Crippen LogP contribution >= 0.6 is 0 Å². The van der Waals surface area contributed by atoms with Crippen LogP contribution in [0.15, 0.2) is 0 Å². The average Bonchev–Trinajstić information content (AvgIpc) is 1.82. The largest absolute Gasteiger partial charge is 0.748 e. The highest BCUT2D eigenvalue weighted by Crippen LogP contribution is 2.11. The van der Waals surface area contributed by atoms with Crippen LogP contribution in [0, 0.1) is 0 Å². The van der Waals surface area contributed by atoms with Crippen LogP contribution in [0.3, 0.4) is 0 Å². The third-order valence-electron chi connectivity index (χ3n) is 1.94. The molecule has 0 unspecified atom stereocenters. The van der Waals surface area contributed by atoms with Crippen LogP contribution in [0.5, 0.6) is 0 Å². The molecule has 0 aliphatic carbocycles. The molecule has 4 nitrogen and oxygen atoms in total. The van der Waals surface area contributed by atoms with Crippen LogP contribution in [0.2, 0.25) is 0 Å². The summed E-state index contributed by atoms with van der Waals surface area (Å²) in [5.41, 5.74) is -0.0839. The zero-order valence-corrected chi connectivity index (χ0v) is 9.52. The predicted molar refractivity (Wildman–Crippen MR) is 51.6 cm³/mol. The minimum absolute atomic E-state index is 0.0839. The zero-order valence-electron chi connectivity index (χ0n) is 8.70. The Morgan fingerprint density at radius 3 is 2.00 bits per heavy atom. The second kappa shape index (κ2) is 4.39. The van der Waals surface area contributed by atoms with Gasteiger partial charge >= 0.3 is 0 Å². The molecule has 0 aliphatic rings. The van der Waals surface area contributed by atoms with Gasteiger partial charge in [-0.1, -0.05) is 6.92 Å². The van der Waals surface area contributed by atoms with Gasteiger partial charge < -0.3 is 4.55 Å². The normalized spacial score (nSPS) is 13.7. The molecular weight excluding hydrogens is 190 g/mol. The minimum atomic E-state index is -4.08. The topological polar surface area (TPSA) is 60.4 Å². The molecule has 0 atom stereocenters. The van der Waals surface area contributed by atoms with Crippen LogP contribution in [0.1, 0.15) is 27.7 Å². The standard InChI is InChI=1S/C8H19NO3S/c1-5-9(8(2,3)4)6-7-13(10,11)12/h5-7H2,1-4H3,(H,10,11,12)/p-1. The SMILES string of the molecule is CCN(CCS(=O)(=O)[O-])C(C)(C)C. The van der Waals surface area contributed by atoms with Crippen LogP contribution in [0.25, 0.3) is 0 Å². The van der Waals surface area contributed by atoms with E-state index in [-0.39, 0.29) is 11.3 Å². The highest BCUT2D eigenvalue weighted by atomic mass is 32.2. The lowest BCUT2D eigenvalue weighted by molar-refractivity contribution is 0.154. The highest BCUT2D eigenvalue weighted by molar-refractivity contribution is 7.85. The molecule has 0 aromatic heterocycles. The Bertz CT molecular complexity index is 241. The maximum atomic E-state index is 10.4. The van der Waals surface area contributed by atoms with Gasteiger partial charge in [0.2, 0.25) is 0 Å². The van der Waals surface area contributed by atoms with E-state index in [9.17, 15) is 13.0 Å². The van der Waals surface area contributed by atoms with Gasteiger partial charge in [0.05, 0.1) is 15.9 Å². The molecule has 5 heteroatoms. The van der Waals surface area contributed by atoms with E-state index in [1.165, 1.54) is 0 Å². The maximum Gasteiger partial charge on any atom is 0.0958 e. The van der Waals surface area contributed by atoms with Crippen LogP contribution in [0.4, 0.5) is 0 Å². The lowest BCUT2D eigenvalue weighted by Gasteiger charge is -2.34. The molecule has 13 heavy (non-hydrogen) atoms. The van der Waals surface area contributed by atoms with Crippen molar-refractivity contribution in [2.75, 3.05) is 18.8 Å². The molecule has 0 bridgehead atoms. The van der Waals surface area contributed by atoms with Gasteiger partial charge in [-0.05, 0) is 27.3 Å². The Morgan fingerprint density at radius 2 is 1.77 bits per heavy atom. The van der Waals surface area contributed by atoms with Gasteiger partial charge in [-0.25, -0.2) is 8.42 Å². The molecular formula is C8H18NO3S-. The molecule has 0 fully saturated rings. The van der Waals surface area contributed by atoms with Gasteiger partial charge in [0.25, 0.3) is 0 Å². The fourth-order valence-corrected chi connectivity index (χ4v) is 1.63. The summed E-state index contributed by atoms with van der Waals surface area (Å²) in [4.78, 5) is 1.96. The van der Waals surface area contributed by atoms with Gasteiger partial charge in [0.15, 0.2) is 0 Å². The maximum absolute atomic E-state index is 10.4. The molecule has 0 saturated heterocycles. The number of rotatable bonds is 4. The first-order valence-corrected chi connectivity index (χ1v) is 5.93. The lowest BCUT2D eigenvalue weighted by atomic mass is 10.1. The first-order valence-electron chi connectivity index (χ1n) is 4.35. The Hall–Kier alpha value is -0.130. The van der Waals surface area contributed by atoms with Crippen molar-refractivity contribution >= 4 is 10.1 Å². The van der Waals surface area contributed by atoms with E-state index >= 15 is 0 Å². The summed E-state index contributed by atoms with van der Waals surface area (Å²) in [7, 11) is -4.08. The Balaban J connectivity index is 4.17. The molecule has 0 spiro atoms. The molecule has 0 N–H and O–H groups in total. The van der Waals surface area contributed by atoms with Crippen molar-refractivity contribution in [3.05, 3.63) is 0 Å². The van der Waals surface area contributed by atoms with E-state index < -0.39 is 10.1 Å². The predicted octanol–water partition coefficient (Wildman–Crippen LogP) is 0.652. The fourth-order valence-electron chi connectivity index (χ4n) is 1.19. The summed E-state index contributed by atoms with van der Waals surface area (Å²) in [5.74, 6) is -0.307. The van der Waals surface area contributed by atoms with Crippen LogP contribution in [-0.4, -0.2) is 42.3 Å². The van der Waals surface area contributed by atoms with Gasteiger partial charge in [-0.15, -0.1) is 0 Å². The first kappa shape index (κ1) is 12.9. The smallest absolute Gasteiger partial charge is 0.0958 e. The van der Waals surface area contributed by atoms with Crippen molar-refractivity contribution < 1.29 is 13.0 Å². The van der Waals surface area contributed by atoms with Crippen molar-refractivity contribution in [1.82, 2.24) is 4.90 Å². The van der Waals surface area contributed by atoms with Gasteiger partial charge in [-0.2, -0.15) is 0 Å². The van der Waals surface area contributed by atoms with Gasteiger partial charge in [-0.3, -0.25) is 4.90 Å². The van der Waals surface area contributed by atoms with Crippen molar-refractivity contribution in [3.63, 3.8) is 0 Å². The summed E-state index contributed by atoms with van der Waals surface area (Å²) >= 11 is 0. The van der Waals surface area contributed by atoms with Crippen molar-refractivity contribution in [2.24, 2.45) is 0 Å². The molecule has 0 rings (SSSR count). The van der Waals surface area contributed by atoms with Gasteiger partial charge in [0, 0.05) is 12.1 Å². The second-order valence-corrected chi connectivity index (χ2v) is 5.54. The van der Waals surface area contributed by atoms with Crippen LogP contribution in [-0.2, 0) is 10.1 Å². The Labute approximate surface area is 80.7 Å². The number of hydrogen-bond acceptors (Lipinski definition) is 4. The van der Waals surface area contributed by atoms with Crippen LogP contribution < -0.4 is 0 Å².